The van der Waals surface area contributed by atoms with Crippen LogP contribution in [0.25, 0.3) is 0 Å². The minimum atomic E-state index is 0.170. The summed E-state index contributed by atoms with van der Waals surface area (Å²) in [5.74, 6) is 0.707. The minimum Gasteiger partial charge on any atom is -0.340 e. The zero-order valence-corrected chi connectivity index (χ0v) is 10.9. The maximum absolute atomic E-state index is 11.9. The average molecular weight is 250 g/mol. The van der Waals surface area contributed by atoms with Gasteiger partial charge < -0.3 is 10.6 Å². The highest BCUT2D eigenvalue weighted by molar-refractivity contribution is 8.00. The number of carbonyl (C=O) groups is 1. The van der Waals surface area contributed by atoms with E-state index in [4.69, 9.17) is 5.73 Å². The highest BCUT2D eigenvalue weighted by Gasteiger charge is 2.23. The van der Waals surface area contributed by atoms with Gasteiger partial charge in [-0.15, -0.1) is 11.8 Å². The Morgan fingerprint density at radius 3 is 2.76 bits per heavy atom. The molecule has 0 unspecified atom stereocenters. The monoisotopic (exact) mass is 250 g/mol. The Morgan fingerprint density at radius 2 is 2.18 bits per heavy atom. The molecular weight excluding hydrogens is 232 g/mol. The fourth-order valence-electron chi connectivity index (χ4n) is 1.88. The van der Waals surface area contributed by atoms with Crippen LogP contribution < -0.4 is 5.73 Å². The SMILES string of the molecule is Cc1ccc(SCC(=O)N2CC[C@@H](N)C2)cc1. The number of nitrogens with zero attached hydrogens (tertiary/aromatic N) is 1. The lowest BCUT2D eigenvalue weighted by Crippen LogP contribution is -2.33. The third-order valence-corrected chi connectivity index (χ3v) is 3.96. The normalized spacial score (nSPS) is 19.6. The molecule has 1 aliphatic heterocycles. The predicted molar refractivity (Wildman–Crippen MR) is 71.1 cm³/mol. The number of hydrogen-bond acceptors (Lipinski definition) is 3. The van der Waals surface area contributed by atoms with E-state index in [1.165, 1.54) is 5.56 Å². The molecule has 4 heteroatoms. The molecule has 1 aliphatic rings. The first-order valence-corrected chi connectivity index (χ1v) is 6.86. The molecule has 0 aromatic heterocycles. The Morgan fingerprint density at radius 1 is 1.47 bits per heavy atom. The second-order valence-corrected chi connectivity index (χ2v) is 5.54. The lowest BCUT2D eigenvalue weighted by atomic mass is 10.2. The quantitative estimate of drug-likeness (QED) is 0.830. The number of benzene rings is 1. The first-order chi connectivity index (χ1) is 8.15. The van der Waals surface area contributed by atoms with Crippen molar-refractivity contribution in [2.75, 3.05) is 18.8 Å². The van der Waals surface area contributed by atoms with Crippen molar-refractivity contribution in [3.8, 4) is 0 Å². The smallest absolute Gasteiger partial charge is 0.232 e. The molecule has 92 valence electrons. The topological polar surface area (TPSA) is 46.3 Å². The van der Waals surface area contributed by atoms with Crippen LogP contribution in [-0.2, 0) is 4.79 Å². The molecule has 1 saturated heterocycles. The van der Waals surface area contributed by atoms with Gasteiger partial charge in [0, 0.05) is 24.0 Å². The summed E-state index contributed by atoms with van der Waals surface area (Å²) in [5.41, 5.74) is 7.03. The average Bonchev–Trinajstić information content (AvgIpc) is 2.75. The standard InChI is InChI=1S/C13H18N2OS/c1-10-2-4-12(5-3-10)17-9-13(16)15-7-6-11(14)8-15/h2-5,11H,6-9,14H2,1H3/t11-/m1/s1. The Balaban J connectivity index is 1.82. The van der Waals surface area contributed by atoms with Crippen LogP contribution in [0.2, 0.25) is 0 Å². The van der Waals surface area contributed by atoms with Crippen LogP contribution in [0.15, 0.2) is 29.2 Å². The summed E-state index contributed by atoms with van der Waals surface area (Å²) in [6, 6.07) is 8.42. The molecule has 1 amide bonds. The van der Waals surface area contributed by atoms with Crippen LogP contribution in [-0.4, -0.2) is 35.7 Å². The first-order valence-electron chi connectivity index (χ1n) is 5.88. The fourth-order valence-corrected chi connectivity index (χ4v) is 2.69. The van der Waals surface area contributed by atoms with Crippen molar-refractivity contribution in [2.45, 2.75) is 24.3 Å². The molecule has 1 fully saturated rings. The van der Waals surface area contributed by atoms with Gasteiger partial charge in [-0.2, -0.15) is 0 Å². The van der Waals surface area contributed by atoms with Crippen molar-refractivity contribution in [1.29, 1.82) is 0 Å². The minimum absolute atomic E-state index is 0.170. The third kappa shape index (κ3) is 3.48. The van der Waals surface area contributed by atoms with E-state index in [2.05, 4.69) is 31.2 Å². The lowest BCUT2D eigenvalue weighted by Gasteiger charge is -2.15. The van der Waals surface area contributed by atoms with Crippen LogP contribution >= 0.6 is 11.8 Å². The molecule has 3 nitrogen and oxygen atoms in total. The third-order valence-electron chi connectivity index (χ3n) is 2.96. The number of carbonyl (C=O) groups excluding carboxylic acids is 1. The number of rotatable bonds is 3. The summed E-state index contributed by atoms with van der Waals surface area (Å²) >= 11 is 1.59. The van der Waals surface area contributed by atoms with Crippen molar-refractivity contribution in [1.82, 2.24) is 4.90 Å². The number of likely N-dealkylation sites (tertiary alicyclic amines) is 1. The number of thioether (sulfide) groups is 1. The lowest BCUT2D eigenvalue weighted by molar-refractivity contribution is -0.127. The van der Waals surface area contributed by atoms with Gasteiger partial charge in [-0.3, -0.25) is 4.79 Å². The number of nitrogens with two attached hydrogens (primary N) is 1. The van der Waals surface area contributed by atoms with Gasteiger partial charge in [-0.1, -0.05) is 17.7 Å². The first kappa shape index (κ1) is 12.5. The fraction of sp³-hybridized carbons (Fsp3) is 0.462. The van der Waals surface area contributed by atoms with Gasteiger partial charge in [0.25, 0.3) is 0 Å². The van der Waals surface area contributed by atoms with Crippen LogP contribution in [0.4, 0.5) is 0 Å². The van der Waals surface area contributed by atoms with Crippen molar-refractivity contribution < 1.29 is 4.79 Å². The summed E-state index contributed by atoms with van der Waals surface area (Å²) in [5, 5.41) is 0. The van der Waals surface area contributed by atoms with Gasteiger partial charge in [0.2, 0.25) is 5.91 Å². The second kappa shape index (κ2) is 5.56. The summed E-state index contributed by atoms with van der Waals surface area (Å²) in [4.78, 5) is 14.9. The summed E-state index contributed by atoms with van der Waals surface area (Å²) < 4.78 is 0. The van der Waals surface area contributed by atoms with Crippen molar-refractivity contribution in [3.05, 3.63) is 29.8 Å². The molecule has 0 saturated carbocycles. The molecular formula is C13H18N2OS. The molecule has 1 heterocycles. The van der Waals surface area contributed by atoms with Crippen molar-refractivity contribution in [3.63, 3.8) is 0 Å². The molecule has 1 aromatic rings. The van der Waals surface area contributed by atoms with E-state index < -0.39 is 0 Å². The predicted octanol–water partition coefficient (Wildman–Crippen LogP) is 1.65. The largest absolute Gasteiger partial charge is 0.340 e. The summed E-state index contributed by atoms with van der Waals surface area (Å²) in [6.07, 6.45) is 0.931. The summed E-state index contributed by atoms with van der Waals surface area (Å²) in [6.45, 7) is 3.59. The number of hydrogen-bond donors (Lipinski definition) is 1. The molecule has 1 aromatic carbocycles. The van der Waals surface area contributed by atoms with Gasteiger partial charge >= 0.3 is 0 Å². The maximum atomic E-state index is 11.9. The van der Waals surface area contributed by atoms with Crippen LogP contribution in [0.1, 0.15) is 12.0 Å². The van der Waals surface area contributed by atoms with Gasteiger partial charge in [0.1, 0.15) is 0 Å². The highest BCUT2D eigenvalue weighted by Crippen LogP contribution is 2.19. The van der Waals surface area contributed by atoms with E-state index in [-0.39, 0.29) is 11.9 Å². The Bertz CT molecular complexity index is 391. The maximum Gasteiger partial charge on any atom is 0.232 e. The zero-order chi connectivity index (χ0) is 12.3. The van der Waals surface area contributed by atoms with Gasteiger partial charge in [0.05, 0.1) is 5.75 Å². The van der Waals surface area contributed by atoms with E-state index in [0.29, 0.717) is 12.3 Å². The van der Waals surface area contributed by atoms with Crippen LogP contribution in [0, 0.1) is 6.92 Å². The Kier molecular flexibility index (Phi) is 4.07. The molecule has 2 N–H and O–H groups in total. The van der Waals surface area contributed by atoms with Gasteiger partial charge in [-0.05, 0) is 25.5 Å². The summed E-state index contributed by atoms with van der Waals surface area (Å²) in [7, 11) is 0. The molecule has 2 rings (SSSR count). The van der Waals surface area contributed by atoms with Crippen molar-refractivity contribution in [2.24, 2.45) is 5.73 Å². The zero-order valence-electron chi connectivity index (χ0n) is 10.1. The molecule has 0 bridgehead atoms. The molecule has 0 spiro atoms. The van der Waals surface area contributed by atoms with Crippen LogP contribution in [0.3, 0.4) is 0 Å². The molecule has 0 aliphatic carbocycles. The second-order valence-electron chi connectivity index (χ2n) is 4.49. The van der Waals surface area contributed by atoms with Crippen molar-refractivity contribution >= 4 is 17.7 Å². The van der Waals surface area contributed by atoms with Gasteiger partial charge in [-0.25, -0.2) is 0 Å². The van der Waals surface area contributed by atoms with Gasteiger partial charge in [0.15, 0.2) is 0 Å². The Labute approximate surface area is 106 Å². The van der Waals surface area contributed by atoms with E-state index >= 15 is 0 Å². The molecule has 0 radical (unpaired) electrons. The van der Waals surface area contributed by atoms with E-state index in [9.17, 15) is 4.79 Å². The van der Waals surface area contributed by atoms with E-state index in [1.807, 2.05) is 4.90 Å². The van der Waals surface area contributed by atoms with E-state index in [0.717, 1.165) is 17.9 Å². The number of amides is 1. The highest BCUT2D eigenvalue weighted by atomic mass is 32.2. The molecule has 1 atom stereocenters. The molecule has 17 heavy (non-hydrogen) atoms. The number of aryl methyl sites for hydroxylation is 1. The van der Waals surface area contributed by atoms with Crippen LogP contribution in [0.5, 0.6) is 0 Å². The van der Waals surface area contributed by atoms with E-state index in [1.54, 1.807) is 11.8 Å². The Hall–Kier alpha value is -1.00.